The van der Waals surface area contributed by atoms with Crippen molar-refractivity contribution in [2.24, 2.45) is 23.5 Å². The maximum atomic E-state index is 13.2. The highest BCUT2D eigenvalue weighted by Crippen LogP contribution is 2.38. The van der Waals surface area contributed by atoms with E-state index in [-0.39, 0.29) is 29.4 Å². The van der Waals surface area contributed by atoms with Crippen LogP contribution in [0, 0.1) is 17.8 Å². The van der Waals surface area contributed by atoms with E-state index in [0.29, 0.717) is 37.9 Å². The Morgan fingerprint density at radius 1 is 1.16 bits per heavy atom. The Balaban J connectivity index is 1.20. The summed E-state index contributed by atoms with van der Waals surface area (Å²) in [7, 11) is 0. The molecule has 4 atom stereocenters. The van der Waals surface area contributed by atoms with Crippen LogP contribution in [-0.2, 0) is 16.1 Å². The third kappa shape index (κ3) is 4.09. The molecule has 9 nitrogen and oxygen atoms in total. The van der Waals surface area contributed by atoms with Crippen molar-refractivity contribution < 1.29 is 14.7 Å². The van der Waals surface area contributed by atoms with Crippen molar-refractivity contribution in [3.05, 3.63) is 30.5 Å². The number of phenolic OH excluding ortho intramolecular Hbond substituents is 1. The standard InChI is InChI=1S/C23H30N6O3/c24-22(31)15-4-7-27(8-5-15)23(32)20-13-28-9-6-16(20)10-18(28)12-29-14-21(25-26-29)17-2-1-3-19(30)11-17/h1-3,11,14-16,18,20,30H,4-10,12-13H2,(H2,24,31). The molecule has 4 aliphatic rings. The molecule has 0 radical (unpaired) electrons. The molecule has 1 aromatic heterocycles. The first-order valence-corrected chi connectivity index (χ1v) is 11.5. The van der Waals surface area contributed by atoms with Gasteiger partial charge in [0.1, 0.15) is 11.4 Å². The van der Waals surface area contributed by atoms with Crippen molar-refractivity contribution in [1.82, 2.24) is 24.8 Å². The second-order valence-corrected chi connectivity index (χ2v) is 9.42. The van der Waals surface area contributed by atoms with E-state index in [9.17, 15) is 14.7 Å². The number of phenols is 1. The summed E-state index contributed by atoms with van der Waals surface area (Å²) in [5.41, 5.74) is 7.01. The number of aromatic nitrogens is 3. The Kier molecular flexibility index (Phi) is 5.58. The van der Waals surface area contributed by atoms with E-state index in [2.05, 4.69) is 15.2 Å². The smallest absolute Gasteiger partial charge is 0.227 e. The predicted molar refractivity (Wildman–Crippen MR) is 117 cm³/mol. The zero-order chi connectivity index (χ0) is 22.2. The first kappa shape index (κ1) is 20.9. The summed E-state index contributed by atoms with van der Waals surface area (Å²) in [5, 5.41) is 18.3. The normalized spacial score (nSPS) is 28.1. The average Bonchev–Trinajstić information content (AvgIpc) is 3.27. The number of hydrogen-bond donors (Lipinski definition) is 2. The first-order valence-electron chi connectivity index (χ1n) is 11.5. The third-order valence-corrected chi connectivity index (χ3v) is 7.48. The fraction of sp³-hybridized carbons (Fsp3) is 0.565. The van der Waals surface area contributed by atoms with Crippen LogP contribution in [0.5, 0.6) is 5.75 Å². The molecule has 6 rings (SSSR count). The number of nitrogens with zero attached hydrogens (tertiary/aromatic N) is 5. The monoisotopic (exact) mass is 438 g/mol. The van der Waals surface area contributed by atoms with Gasteiger partial charge in [0.15, 0.2) is 0 Å². The van der Waals surface area contributed by atoms with Gasteiger partial charge in [-0.15, -0.1) is 5.10 Å². The van der Waals surface area contributed by atoms with Crippen LogP contribution in [0.1, 0.15) is 25.7 Å². The number of carbonyl (C=O) groups is 2. The predicted octanol–water partition coefficient (Wildman–Crippen LogP) is 1.08. The van der Waals surface area contributed by atoms with Crippen LogP contribution in [0.3, 0.4) is 0 Å². The van der Waals surface area contributed by atoms with Gasteiger partial charge in [0, 0.05) is 37.2 Å². The SMILES string of the molecule is NC(=O)C1CCN(C(=O)C2CN3CCC2CC3Cn2cc(-c3cccc(O)c3)nn2)CC1. The highest BCUT2D eigenvalue weighted by molar-refractivity contribution is 5.81. The van der Waals surface area contributed by atoms with Crippen LogP contribution >= 0.6 is 0 Å². The molecule has 3 N–H and O–H groups in total. The van der Waals surface area contributed by atoms with E-state index in [1.54, 1.807) is 18.2 Å². The van der Waals surface area contributed by atoms with Crippen LogP contribution in [0.2, 0.25) is 0 Å². The lowest BCUT2D eigenvalue weighted by molar-refractivity contribution is -0.146. The van der Waals surface area contributed by atoms with Crippen molar-refractivity contribution in [1.29, 1.82) is 0 Å². The zero-order valence-corrected chi connectivity index (χ0v) is 18.1. The number of fused-ring (bicyclic) bond motifs is 3. The van der Waals surface area contributed by atoms with E-state index in [0.717, 1.165) is 43.7 Å². The Morgan fingerprint density at radius 3 is 2.66 bits per heavy atom. The number of carbonyl (C=O) groups excluding carboxylic acids is 2. The van der Waals surface area contributed by atoms with Crippen molar-refractivity contribution in [3.63, 3.8) is 0 Å². The summed E-state index contributed by atoms with van der Waals surface area (Å²) in [6, 6.07) is 7.36. The lowest BCUT2D eigenvalue weighted by Crippen LogP contribution is -2.59. The van der Waals surface area contributed by atoms with Gasteiger partial charge >= 0.3 is 0 Å². The van der Waals surface area contributed by atoms with E-state index < -0.39 is 0 Å². The Bertz CT molecular complexity index is 999. The molecule has 4 saturated heterocycles. The fourth-order valence-electron chi connectivity index (χ4n) is 5.63. The second kappa shape index (κ2) is 8.54. The van der Waals surface area contributed by atoms with Crippen molar-refractivity contribution in [2.75, 3.05) is 26.2 Å². The van der Waals surface area contributed by atoms with Gasteiger partial charge < -0.3 is 15.7 Å². The topological polar surface area (TPSA) is 118 Å². The molecular weight excluding hydrogens is 408 g/mol. The van der Waals surface area contributed by atoms with Crippen molar-refractivity contribution in [3.8, 4) is 17.0 Å². The molecule has 170 valence electrons. The Morgan fingerprint density at radius 2 is 1.97 bits per heavy atom. The van der Waals surface area contributed by atoms with Crippen LogP contribution in [-0.4, -0.2) is 73.9 Å². The van der Waals surface area contributed by atoms with Gasteiger partial charge in [0.05, 0.1) is 18.7 Å². The number of hydrogen-bond acceptors (Lipinski definition) is 6. The molecule has 0 saturated carbocycles. The summed E-state index contributed by atoms with van der Waals surface area (Å²) < 4.78 is 1.87. The molecule has 1 aromatic carbocycles. The highest BCUT2D eigenvalue weighted by Gasteiger charge is 2.45. The number of benzene rings is 1. The highest BCUT2D eigenvalue weighted by atomic mass is 16.3. The maximum Gasteiger partial charge on any atom is 0.227 e. The van der Waals surface area contributed by atoms with Gasteiger partial charge in [-0.2, -0.15) is 0 Å². The molecule has 0 spiro atoms. The largest absolute Gasteiger partial charge is 0.508 e. The molecule has 4 fully saturated rings. The molecule has 2 aromatic rings. The second-order valence-electron chi connectivity index (χ2n) is 9.42. The third-order valence-electron chi connectivity index (χ3n) is 7.48. The van der Waals surface area contributed by atoms with Gasteiger partial charge in [-0.25, -0.2) is 0 Å². The molecule has 2 bridgehead atoms. The number of aromatic hydroxyl groups is 1. The molecule has 4 unspecified atom stereocenters. The minimum atomic E-state index is -0.247. The number of piperidine rings is 4. The van der Waals surface area contributed by atoms with E-state index >= 15 is 0 Å². The average molecular weight is 439 g/mol. The van der Waals surface area contributed by atoms with Gasteiger partial charge in [0.2, 0.25) is 11.8 Å². The molecule has 4 aliphatic heterocycles. The van der Waals surface area contributed by atoms with E-state index in [4.69, 9.17) is 5.73 Å². The van der Waals surface area contributed by atoms with Crippen LogP contribution in [0.25, 0.3) is 11.3 Å². The molecule has 2 amide bonds. The molecule has 0 aliphatic carbocycles. The van der Waals surface area contributed by atoms with Gasteiger partial charge in [-0.3, -0.25) is 19.2 Å². The Labute approximate surface area is 187 Å². The Hall–Kier alpha value is -2.94. The van der Waals surface area contributed by atoms with Crippen LogP contribution in [0.4, 0.5) is 0 Å². The fourth-order valence-corrected chi connectivity index (χ4v) is 5.63. The quantitative estimate of drug-likeness (QED) is 0.722. The number of amides is 2. The van der Waals surface area contributed by atoms with Crippen molar-refractivity contribution in [2.45, 2.75) is 38.3 Å². The summed E-state index contributed by atoms with van der Waals surface area (Å²) >= 11 is 0. The summed E-state index contributed by atoms with van der Waals surface area (Å²) in [4.78, 5) is 29.0. The molecule has 9 heteroatoms. The van der Waals surface area contributed by atoms with Gasteiger partial charge in [-0.05, 0) is 50.3 Å². The summed E-state index contributed by atoms with van der Waals surface area (Å²) in [6.45, 7) is 3.81. The van der Waals surface area contributed by atoms with Crippen molar-refractivity contribution >= 4 is 11.8 Å². The number of likely N-dealkylation sites (tertiary alicyclic amines) is 1. The number of primary amides is 1. The maximum absolute atomic E-state index is 13.2. The summed E-state index contributed by atoms with van der Waals surface area (Å²) in [6.07, 6.45) is 5.31. The molecular formula is C23H30N6O3. The van der Waals surface area contributed by atoms with Gasteiger partial charge in [-0.1, -0.05) is 17.3 Å². The molecule has 5 heterocycles. The first-order chi connectivity index (χ1) is 15.5. The van der Waals surface area contributed by atoms with Crippen LogP contribution in [0.15, 0.2) is 30.5 Å². The van der Waals surface area contributed by atoms with E-state index in [1.807, 2.05) is 21.8 Å². The molecule has 32 heavy (non-hydrogen) atoms. The zero-order valence-electron chi connectivity index (χ0n) is 18.1. The lowest BCUT2D eigenvalue weighted by Gasteiger charge is -2.50. The lowest BCUT2D eigenvalue weighted by atomic mass is 9.74. The minimum absolute atomic E-state index is 0.0451. The number of nitrogens with two attached hydrogens (primary N) is 1. The minimum Gasteiger partial charge on any atom is -0.508 e. The van der Waals surface area contributed by atoms with Gasteiger partial charge in [0.25, 0.3) is 0 Å². The van der Waals surface area contributed by atoms with E-state index in [1.165, 1.54) is 0 Å². The van der Waals surface area contributed by atoms with Crippen LogP contribution < -0.4 is 5.73 Å². The summed E-state index contributed by atoms with van der Waals surface area (Å²) in [5.74, 6) is 0.546. The number of rotatable bonds is 5.